The fourth-order valence-electron chi connectivity index (χ4n) is 0.492. The van der Waals surface area contributed by atoms with Gasteiger partial charge in [-0.05, 0) is 13.8 Å². The van der Waals surface area contributed by atoms with Gasteiger partial charge in [-0.1, -0.05) is 0 Å². The number of hydrogen-bond donors (Lipinski definition) is 1. The van der Waals surface area contributed by atoms with Gasteiger partial charge in [-0.2, -0.15) is 8.42 Å². The molecule has 0 spiro atoms. The molecular weight excluding hydrogens is 172 g/mol. The molecule has 0 aromatic rings. The Balaban J connectivity index is 4.11. The molecule has 0 atom stereocenters. The highest BCUT2D eigenvalue weighted by molar-refractivity contribution is 7.86. The van der Waals surface area contributed by atoms with Crippen LogP contribution in [0.1, 0.15) is 13.8 Å². The first-order valence-electron chi connectivity index (χ1n) is 3.21. The molecule has 5 nitrogen and oxygen atoms in total. The van der Waals surface area contributed by atoms with Crippen LogP contribution in [0.3, 0.4) is 0 Å². The molecule has 0 bridgehead atoms. The summed E-state index contributed by atoms with van der Waals surface area (Å²) in [5, 5.41) is 0. The van der Waals surface area contributed by atoms with Gasteiger partial charge in [0, 0.05) is 13.2 Å². The van der Waals surface area contributed by atoms with Crippen molar-refractivity contribution in [3.8, 4) is 0 Å². The molecule has 0 unspecified atom stereocenters. The summed E-state index contributed by atoms with van der Waals surface area (Å²) in [5.41, 5.74) is -1.54. The van der Waals surface area contributed by atoms with Crippen molar-refractivity contribution in [2.75, 3.05) is 13.2 Å². The van der Waals surface area contributed by atoms with E-state index < -0.39 is 15.7 Å². The van der Waals surface area contributed by atoms with Crippen LogP contribution in [-0.2, 0) is 19.6 Å². The van der Waals surface area contributed by atoms with Crippen LogP contribution in [0.5, 0.6) is 0 Å². The van der Waals surface area contributed by atoms with E-state index in [1.165, 1.54) is 0 Å². The maximum Gasteiger partial charge on any atom is 0.318 e. The monoisotopic (exact) mass is 184 g/mol. The standard InChI is InChI=1S/C5H12O5S/c1-3-9-5(10-4-2)11(6,7)8/h5H,3-4H2,1-2H3,(H,6,7,8). The molecule has 0 aliphatic rings. The van der Waals surface area contributed by atoms with E-state index in [-0.39, 0.29) is 13.2 Å². The number of hydrogen-bond acceptors (Lipinski definition) is 4. The van der Waals surface area contributed by atoms with Crippen molar-refractivity contribution < 1.29 is 22.4 Å². The minimum absolute atomic E-state index is 0.171. The van der Waals surface area contributed by atoms with E-state index in [9.17, 15) is 8.42 Å². The summed E-state index contributed by atoms with van der Waals surface area (Å²) in [6.07, 6.45) is 0. The maximum atomic E-state index is 10.4. The second-order valence-electron chi connectivity index (χ2n) is 1.71. The number of ether oxygens (including phenoxy) is 2. The van der Waals surface area contributed by atoms with Crippen molar-refractivity contribution in [3.63, 3.8) is 0 Å². The van der Waals surface area contributed by atoms with E-state index in [4.69, 9.17) is 4.55 Å². The molecule has 0 radical (unpaired) electrons. The predicted octanol–water partition coefficient (Wildman–Crippen LogP) is 0.231. The first-order valence-corrected chi connectivity index (χ1v) is 4.72. The van der Waals surface area contributed by atoms with E-state index >= 15 is 0 Å². The first kappa shape index (κ1) is 10.8. The van der Waals surface area contributed by atoms with Gasteiger partial charge in [0.15, 0.2) is 0 Å². The second kappa shape index (κ2) is 4.66. The Labute approximate surface area is 66.1 Å². The lowest BCUT2D eigenvalue weighted by atomic mass is 10.9. The molecule has 0 aromatic carbocycles. The lowest BCUT2D eigenvalue weighted by molar-refractivity contribution is -0.0844. The van der Waals surface area contributed by atoms with Gasteiger partial charge in [0.2, 0.25) is 0 Å². The summed E-state index contributed by atoms with van der Waals surface area (Å²) in [4.78, 5) is 0. The van der Waals surface area contributed by atoms with Gasteiger partial charge in [0.05, 0.1) is 0 Å². The molecule has 0 heterocycles. The van der Waals surface area contributed by atoms with Crippen LogP contribution in [-0.4, -0.2) is 31.8 Å². The Kier molecular flexibility index (Phi) is 4.58. The van der Waals surface area contributed by atoms with E-state index in [1.54, 1.807) is 13.8 Å². The topological polar surface area (TPSA) is 72.8 Å². The van der Waals surface area contributed by atoms with Crippen molar-refractivity contribution in [1.82, 2.24) is 0 Å². The fraction of sp³-hybridized carbons (Fsp3) is 1.00. The van der Waals surface area contributed by atoms with Crippen LogP contribution in [0.2, 0.25) is 0 Å². The minimum Gasteiger partial charge on any atom is -0.338 e. The van der Waals surface area contributed by atoms with Crippen molar-refractivity contribution in [1.29, 1.82) is 0 Å². The normalized spacial score (nSPS) is 12.4. The zero-order chi connectivity index (χ0) is 8.91. The molecule has 68 valence electrons. The highest BCUT2D eigenvalue weighted by Gasteiger charge is 2.22. The predicted molar refractivity (Wildman–Crippen MR) is 38.6 cm³/mol. The molecule has 0 saturated heterocycles. The molecule has 0 amide bonds. The van der Waals surface area contributed by atoms with Crippen molar-refractivity contribution in [2.24, 2.45) is 0 Å². The summed E-state index contributed by atoms with van der Waals surface area (Å²) in [6.45, 7) is 3.56. The third kappa shape index (κ3) is 4.31. The lowest BCUT2D eigenvalue weighted by Crippen LogP contribution is -2.27. The Morgan fingerprint density at radius 3 is 1.82 bits per heavy atom. The van der Waals surface area contributed by atoms with Crippen molar-refractivity contribution >= 4 is 10.1 Å². The van der Waals surface area contributed by atoms with Crippen LogP contribution < -0.4 is 0 Å². The average Bonchev–Trinajstić information content (AvgIpc) is 1.85. The van der Waals surface area contributed by atoms with Crippen molar-refractivity contribution in [2.45, 2.75) is 19.5 Å². The molecule has 6 heteroatoms. The molecule has 0 fully saturated rings. The Bertz CT molecular complexity index is 179. The number of rotatable bonds is 5. The van der Waals surface area contributed by atoms with Gasteiger partial charge in [-0.15, -0.1) is 0 Å². The third-order valence-electron chi connectivity index (χ3n) is 0.849. The van der Waals surface area contributed by atoms with Gasteiger partial charge >= 0.3 is 10.1 Å². The summed E-state index contributed by atoms with van der Waals surface area (Å²) in [5.74, 6) is 0. The molecule has 0 aromatic heterocycles. The Morgan fingerprint density at radius 2 is 1.64 bits per heavy atom. The van der Waals surface area contributed by atoms with Gasteiger partial charge in [-0.25, -0.2) is 0 Å². The quantitative estimate of drug-likeness (QED) is 0.489. The molecule has 0 aliphatic carbocycles. The van der Waals surface area contributed by atoms with Gasteiger partial charge in [-0.3, -0.25) is 4.55 Å². The summed E-state index contributed by atoms with van der Waals surface area (Å²) < 4.78 is 38.5. The van der Waals surface area contributed by atoms with Crippen LogP contribution >= 0.6 is 0 Å². The van der Waals surface area contributed by atoms with E-state index in [2.05, 4.69) is 9.47 Å². The molecule has 11 heavy (non-hydrogen) atoms. The Hall–Kier alpha value is -0.170. The zero-order valence-electron chi connectivity index (χ0n) is 6.48. The van der Waals surface area contributed by atoms with Crippen LogP contribution in [0.25, 0.3) is 0 Å². The van der Waals surface area contributed by atoms with E-state index in [0.717, 1.165) is 0 Å². The molecule has 0 rings (SSSR count). The van der Waals surface area contributed by atoms with Crippen LogP contribution in [0.15, 0.2) is 0 Å². The van der Waals surface area contributed by atoms with Crippen LogP contribution in [0.4, 0.5) is 0 Å². The maximum absolute atomic E-state index is 10.4. The van der Waals surface area contributed by atoms with Crippen LogP contribution in [0, 0.1) is 0 Å². The average molecular weight is 184 g/mol. The van der Waals surface area contributed by atoms with Crippen molar-refractivity contribution in [3.05, 3.63) is 0 Å². The fourth-order valence-corrected chi connectivity index (χ4v) is 1.11. The SMILES string of the molecule is CCOC(OCC)S(=O)(=O)O. The molecule has 1 N–H and O–H groups in total. The summed E-state index contributed by atoms with van der Waals surface area (Å²) in [7, 11) is -4.23. The first-order chi connectivity index (χ1) is 5.02. The smallest absolute Gasteiger partial charge is 0.318 e. The summed E-state index contributed by atoms with van der Waals surface area (Å²) in [6, 6.07) is 0. The largest absolute Gasteiger partial charge is 0.338 e. The van der Waals surface area contributed by atoms with E-state index in [1.807, 2.05) is 0 Å². The lowest BCUT2D eigenvalue weighted by Gasteiger charge is -2.12. The van der Waals surface area contributed by atoms with Gasteiger partial charge in [0.1, 0.15) is 0 Å². The molecular formula is C5H12O5S. The van der Waals surface area contributed by atoms with Gasteiger partial charge in [0.25, 0.3) is 5.62 Å². The Morgan fingerprint density at radius 1 is 1.27 bits per heavy atom. The second-order valence-corrected chi connectivity index (χ2v) is 3.13. The highest BCUT2D eigenvalue weighted by atomic mass is 32.2. The molecule has 0 saturated carbocycles. The van der Waals surface area contributed by atoms with Gasteiger partial charge < -0.3 is 9.47 Å². The zero-order valence-corrected chi connectivity index (χ0v) is 7.30. The van der Waals surface area contributed by atoms with E-state index in [0.29, 0.717) is 0 Å². The minimum atomic E-state index is -4.23. The highest BCUT2D eigenvalue weighted by Crippen LogP contribution is 2.02. The summed E-state index contributed by atoms with van der Waals surface area (Å²) >= 11 is 0. The molecule has 0 aliphatic heterocycles. The third-order valence-corrected chi connectivity index (χ3v) is 1.61.